The van der Waals surface area contributed by atoms with Crippen LogP contribution in [0.25, 0.3) is 0 Å². The molecule has 0 spiro atoms. The van der Waals surface area contributed by atoms with Crippen molar-refractivity contribution in [1.29, 1.82) is 0 Å². The third kappa shape index (κ3) is 5.14. The number of halogens is 3. The number of ether oxygens (including phenoxy) is 1. The third-order valence-corrected chi connectivity index (χ3v) is 6.18. The van der Waals surface area contributed by atoms with Crippen molar-refractivity contribution in [2.45, 2.75) is 30.2 Å². The van der Waals surface area contributed by atoms with Gasteiger partial charge in [0.2, 0.25) is 0 Å². The highest BCUT2D eigenvalue weighted by Gasteiger charge is 2.31. The van der Waals surface area contributed by atoms with Gasteiger partial charge in [-0.15, -0.1) is 24.9 Å². The molecule has 1 fully saturated rings. The number of thioether (sulfide) groups is 2. The van der Waals surface area contributed by atoms with E-state index >= 15 is 0 Å². The molecule has 0 bridgehead atoms. The lowest BCUT2D eigenvalue weighted by Gasteiger charge is -2.26. The first-order valence-electron chi connectivity index (χ1n) is 6.46. The molecule has 1 saturated heterocycles. The summed E-state index contributed by atoms with van der Waals surface area (Å²) >= 11 is 3.45. The molecule has 0 N–H and O–H groups in total. The molecular formula is C14H15F3O2S2. The Morgan fingerprint density at radius 2 is 1.86 bits per heavy atom. The molecule has 1 aliphatic heterocycles. The van der Waals surface area contributed by atoms with E-state index in [1.807, 2.05) is 6.92 Å². The zero-order chi connectivity index (χ0) is 15.5. The summed E-state index contributed by atoms with van der Waals surface area (Å²) in [5, 5.41) is 0.249. The van der Waals surface area contributed by atoms with Gasteiger partial charge in [-0.05, 0) is 17.7 Å². The molecule has 2 atom stereocenters. The second kappa shape index (κ2) is 6.96. The van der Waals surface area contributed by atoms with Gasteiger partial charge >= 0.3 is 6.36 Å². The highest BCUT2D eigenvalue weighted by Crippen LogP contribution is 2.32. The molecule has 1 aliphatic rings. The van der Waals surface area contributed by atoms with Gasteiger partial charge in [-0.1, -0.05) is 19.1 Å². The topological polar surface area (TPSA) is 26.3 Å². The summed E-state index contributed by atoms with van der Waals surface area (Å²) in [4.78, 5) is 12.2. The number of Topliss-reactive ketones (excluding diaryl/α,β-unsaturated/α-hetero) is 1. The van der Waals surface area contributed by atoms with Crippen LogP contribution in [-0.4, -0.2) is 34.2 Å². The Balaban J connectivity index is 1.95. The molecule has 0 saturated carbocycles. The smallest absolute Gasteiger partial charge is 0.406 e. The van der Waals surface area contributed by atoms with E-state index in [1.54, 1.807) is 23.5 Å². The molecule has 2 nitrogen and oxygen atoms in total. The maximum Gasteiger partial charge on any atom is 0.573 e. The predicted molar refractivity (Wildman–Crippen MR) is 80.0 cm³/mol. The summed E-state index contributed by atoms with van der Waals surface area (Å²) in [5.41, 5.74) is 0.706. The summed E-state index contributed by atoms with van der Waals surface area (Å²) in [6, 6.07) is 5.49. The normalized spacial score (nSPS) is 22.9. The monoisotopic (exact) mass is 336 g/mol. The van der Waals surface area contributed by atoms with Crippen LogP contribution in [0.2, 0.25) is 0 Å². The number of ketones is 1. The van der Waals surface area contributed by atoms with Crippen LogP contribution < -0.4 is 4.74 Å². The molecule has 1 aromatic rings. The van der Waals surface area contributed by atoms with Crippen LogP contribution in [0.5, 0.6) is 5.75 Å². The fraction of sp³-hybridized carbons (Fsp3) is 0.500. The van der Waals surface area contributed by atoms with E-state index in [1.165, 1.54) is 24.3 Å². The minimum Gasteiger partial charge on any atom is -0.406 e. The van der Waals surface area contributed by atoms with Gasteiger partial charge in [0.25, 0.3) is 0 Å². The second-order valence-corrected chi connectivity index (χ2v) is 7.44. The lowest BCUT2D eigenvalue weighted by atomic mass is 10.1. The van der Waals surface area contributed by atoms with Crippen molar-refractivity contribution in [2.24, 2.45) is 0 Å². The van der Waals surface area contributed by atoms with E-state index in [4.69, 9.17) is 0 Å². The lowest BCUT2D eigenvalue weighted by Crippen LogP contribution is -2.32. The molecule has 116 valence electrons. The Labute approximate surface area is 129 Å². The van der Waals surface area contributed by atoms with E-state index in [9.17, 15) is 18.0 Å². The fourth-order valence-electron chi connectivity index (χ4n) is 2.10. The van der Waals surface area contributed by atoms with Gasteiger partial charge in [0, 0.05) is 23.2 Å². The molecule has 0 amide bonds. The number of hydrogen-bond donors (Lipinski definition) is 0. The van der Waals surface area contributed by atoms with Crippen molar-refractivity contribution in [1.82, 2.24) is 0 Å². The van der Waals surface area contributed by atoms with Gasteiger partial charge in [-0.3, -0.25) is 4.79 Å². The van der Waals surface area contributed by atoms with E-state index in [-0.39, 0.29) is 28.5 Å². The van der Waals surface area contributed by atoms with Crippen molar-refractivity contribution >= 4 is 29.3 Å². The minimum atomic E-state index is -4.69. The number of benzene rings is 1. The summed E-state index contributed by atoms with van der Waals surface area (Å²) in [5.74, 6) is 1.88. The van der Waals surface area contributed by atoms with Crippen molar-refractivity contribution in [3.05, 3.63) is 29.8 Å². The zero-order valence-corrected chi connectivity index (χ0v) is 13.0. The van der Waals surface area contributed by atoms with Crippen molar-refractivity contribution in [3.63, 3.8) is 0 Å². The Morgan fingerprint density at radius 1 is 1.24 bits per heavy atom. The number of carbonyl (C=O) groups is 1. The summed E-state index contributed by atoms with van der Waals surface area (Å²) < 4.78 is 40.0. The maximum absolute atomic E-state index is 12.2. The molecule has 0 aliphatic carbocycles. The Morgan fingerprint density at radius 3 is 2.43 bits per heavy atom. The highest BCUT2D eigenvalue weighted by atomic mass is 32.2. The molecule has 0 radical (unpaired) electrons. The lowest BCUT2D eigenvalue weighted by molar-refractivity contribution is -0.274. The molecule has 2 rings (SSSR count). The number of hydrogen-bond acceptors (Lipinski definition) is 4. The first-order valence-corrected chi connectivity index (χ1v) is 8.55. The Kier molecular flexibility index (Phi) is 5.48. The first kappa shape index (κ1) is 16.5. The molecule has 2 unspecified atom stereocenters. The Hall–Kier alpha value is -0.820. The van der Waals surface area contributed by atoms with Crippen molar-refractivity contribution in [3.8, 4) is 5.75 Å². The van der Waals surface area contributed by atoms with Gasteiger partial charge < -0.3 is 4.74 Å². The van der Waals surface area contributed by atoms with Crippen LogP contribution in [0.15, 0.2) is 24.3 Å². The van der Waals surface area contributed by atoms with Crippen molar-refractivity contribution < 1.29 is 22.7 Å². The standard InChI is InChI=1S/C14H15F3O2S2/c1-9-13(21-7-6-20-9)12(18)8-10-2-4-11(5-3-10)19-14(15,16)17/h2-5,9,13H,6-8H2,1H3. The molecule has 7 heteroatoms. The van der Waals surface area contributed by atoms with Crippen LogP contribution in [0.1, 0.15) is 12.5 Å². The van der Waals surface area contributed by atoms with E-state index in [0.717, 1.165) is 11.5 Å². The van der Waals surface area contributed by atoms with Gasteiger partial charge in [-0.2, -0.15) is 11.8 Å². The summed E-state index contributed by atoms with van der Waals surface area (Å²) in [6.07, 6.45) is -4.45. The average molecular weight is 336 g/mol. The number of alkyl halides is 3. The van der Waals surface area contributed by atoms with Gasteiger partial charge in [-0.25, -0.2) is 0 Å². The van der Waals surface area contributed by atoms with E-state index in [0.29, 0.717) is 5.56 Å². The van der Waals surface area contributed by atoms with Crippen LogP contribution in [0.4, 0.5) is 13.2 Å². The second-order valence-electron chi connectivity index (χ2n) is 4.70. The SMILES string of the molecule is CC1SCCSC1C(=O)Cc1ccc(OC(F)(F)F)cc1. The van der Waals surface area contributed by atoms with Crippen molar-refractivity contribution in [2.75, 3.05) is 11.5 Å². The molecule has 0 aromatic heterocycles. The van der Waals surface area contributed by atoms with Gasteiger partial charge in [0.1, 0.15) is 5.75 Å². The van der Waals surface area contributed by atoms with Crippen LogP contribution in [0.3, 0.4) is 0 Å². The third-order valence-electron chi connectivity index (χ3n) is 3.04. The molecular weight excluding hydrogens is 321 g/mol. The maximum atomic E-state index is 12.2. The van der Waals surface area contributed by atoms with Gasteiger partial charge in [0.05, 0.1) is 5.25 Å². The molecule has 1 aromatic carbocycles. The number of rotatable bonds is 4. The zero-order valence-electron chi connectivity index (χ0n) is 11.4. The highest BCUT2D eigenvalue weighted by molar-refractivity contribution is 8.07. The molecule has 21 heavy (non-hydrogen) atoms. The van der Waals surface area contributed by atoms with Crippen LogP contribution in [0, 0.1) is 0 Å². The van der Waals surface area contributed by atoms with E-state index < -0.39 is 6.36 Å². The fourth-order valence-corrected chi connectivity index (χ4v) is 4.83. The molecule has 1 heterocycles. The summed E-state index contributed by atoms with van der Waals surface area (Å²) in [7, 11) is 0. The quantitative estimate of drug-likeness (QED) is 0.832. The Bertz CT molecular complexity index is 488. The number of carbonyl (C=O) groups excluding carboxylic acids is 1. The summed E-state index contributed by atoms with van der Waals surface area (Å²) in [6.45, 7) is 2.04. The van der Waals surface area contributed by atoms with Crippen LogP contribution >= 0.6 is 23.5 Å². The predicted octanol–water partition coefficient (Wildman–Crippen LogP) is 3.93. The van der Waals surface area contributed by atoms with E-state index in [2.05, 4.69) is 4.74 Å². The van der Waals surface area contributed by atoms with Gasteiger partial charge in [0.15, 0.2) is 5.78 Å². The minimum absolute atomic E-state index is 0.0325. The average Bonchev–Trinajstić information content (AvgIpc) is 2.40. The largest absolute Gasteiger partial charge is 0.573 e. The van der Waals surface area contributed by atoms with Crippen LogP contribution in [-0.2, 0) is 11.2 Å². The first-order chi connectivity index (χ1) is 9.85.